The average Bonchev–Trinajstić information content (AvgIpc) is 2.59. The van der Waals surface area contributed by atoms with Crippen LogP contribution in [0.5, 0.6) is 5.75 Å². The number of ether oxygens (including phenoxy) is 1. The maximum Gasteiger partial charge on any atom is 0.253 e. The first kappa shape index (κ1) is 16.2. The monoisotopic (exact) mass is 308 g/mol. The number of hydrogen-bond donors (Lipinski definition) is 0. The molecule has 0 N–H and O–H groups in total. The lowest BCUT2D eigenvalue weighted by atomic mass is 10.1. The molecule has 23 heavy (non-hydrogen) atoms. The van der Waals surface area contributed by atoms with Crippen molar-refractivity contribution in [3.8, 4) is 11.8 Å². The SMILES string of the molecule is CN(C)C(=O)c1ccc(OC(C=O)c2ccc(C#N)cc2)cc1. The van der Waals surface area contributed by atoms with Crippen LogP contribution in [-0.2, 0) is 4.79 Å². The van der Waals surface area contributed by atoms with Gasteiger partial charge in [-0.15, -0.1) is 0 Å². The number of carbonyl (C=O) groups excluding carboxylic acids is 2. The summed E-state index contributed by atoms with van der Waals surface area (Å²) in [7, 11) is 3.36. The summed E-state index contributed by atoms with van der Waals surface area (Å²) in [5, 5.41) is 8.79. The molecule has 0 aliphatic rings. The summed E-state index contributed by atoms with van der Waals surface area (Å²) in [6, 6.07) is 15.3. The smallest absolute Gasteiger partial charge is 0.253 e. The Morgan fingerprint density at radius 1 is 1.13 bits per heavy atom. The molecule has 5 nitrogen and oxygen atoms in total. The van der Waals surface area contributed by atoms with E-state index in [1.165, 1.54) is 4.90 Å². The molecular formula is C18H16N2O3. The van der Waals surface area contributed by atoms with Crippen molar-refractivity contribution in [2.24, 2.45) is 0 Å². The van der Waals surface area contributed by atoms with E-state index in [0.717, 1.165) is 0 Å². The number of nitrogens with zero attached hydrogens (tertiary/aromatic N) is 2. The summed E-state index contributed by atoms with van der Waals surface area (Å²) >= 11 is 0. The van der Waals surface area contributed by atoms with Gasteiger partial charge in [-0.25, -0.2) is 0 Å². The van der Waals surface area contributed by atoms with Crippen LogP contribution < -0.4 is 4.74 Å². The molecule has 0 fully saturated rings. The van der Waals surface area contributed by atoms with Crippen molar-refractivity contribution in [1.29, 1.82) is 5.26 Å². The third-order valence-electron chi connectivity index (χ3n) is 3.26. The van der Waals surface area contributed by atoms with Crippen LogP contribution in [0.25, 0.3) is 0 Å². The van der Waals surface area contributed by atoms with Crippen LogP contribution in [0.15, 0.2) is 48.5 Å². The van der Waals surface area contributed by atoms with Crippen LogP contribution in [0.1, 0.15) is 27.6 Å². The molecule has 0 saturated carbocycles. The molecule has 0 aliphatic heterocycles. The molecular weight excluding hydrogens is 292 g/mol. The Labute approximate surface area is 134 Å². The molecule has 1 atom stereocenters. The zero-order valence-electron chi connectivity index (χ0n) is 12.9. The zero-order valence-corrected chi connectivity index (χ0v) is 12.9. The molecule has 2 aromatic carbocycles. The van der Waals surface area contributed by atoms with Crippen LogP contribution in [0.4, 0.5) is 0 Å². The Morgan fingerprint density at radius 2 is 1.74 bits per heavy atom. The zero-order chi connectivity index (χ0) is 16.8. The first-order valence-electron chi connectivity index (χ1n) is 6.99. The fraction of sp³-hybridized carbons (Fsp3) is 0.167. The first-order valence-corrected chi connectivity index (χ1v) is 6.99. The number of nitriles is 1. The highest BCUT2D eigenvalue weighted by molar-refractivity contribution is 5.93. The highest BCUT2D eigenvalue weighted by Crippen LogP contribution is 2.21. The Morgan fingerprint density at radius 3 is 2.22 bits per heavy atom. The molecule has 0 spiro atoms. The largest absolute Gasteiger partial charge is 0.478 e. The number of carbonyl (C=O) groups is 2. The fourth-order valence-electron chi connectivity index (χ4n) is 2.00. The van der Waals surface area contributed by atoms with Crippen molar-refractivity contribution in [1.82, 2.24) is 4.90 Å². The second kappa shape index (κ2) is 7.23. The summed E-state index contributed by atoms with van der Waals surface area (Å²) in [5.74, 6) is 0.386. The molecule has 5 heteroatoms. The van der Waals surface area contributed by atoms with Gasteiger partial charge in [0.25, 0.3) is 5.91 Å². The maximum atomic E-state index is 11.8. The highest BCUT2D eigenvalue weighted by atomic mass is 16.5. The standard InChI is InChI=1S/C18H16N2O3/c1-20(2)18(22)15-7-9-16(10-8-15)23-17(12-21)14-5-3-13(11-19)4-6-14/h3-10,12,17H,1-2H3. The number of amides is 1. The predicted octanol–water partition coefficient (Wildman–Crippen LogP) is 2.58. The Bertz CT molecular complexity index is 728. The van der Waals surface area contributed by atoms with Gasteiger partial charge < -0.3 is 9.64 Å². The lowest BCUT2D eigenvalue weighted by Crippen LogP contribution is -2.21. The van der Waals surface area contributed by atoms with E-state index in [2.05, 4.69) is 0 Å². The van der Waals surface area contributed by atoms with E-state index < -0.39 is 6.10 Å². The van der Waals surface area contributed by atoms with E-state index in [1.807, 2.05) is 6.07 Å². The quantitative estimate of drug-likeness (QED) is 0.796. The second-order valence-corrected chi connectivity index (χ2v) is 5.13. The van der Waals surface area contributed by atoms with Crippen LogP contribution in [0, 0.1) is 11.3 Å². The second-order valence-electron chi connectivity index (χ2n) is 5.13. The summed E-state index contributed by atoms with van der Waals surface area (Å²) in [4.78, 5) is 24.6. The number of rotatable bonds is 5. The molecule has 1 unspecified atom stereocenters. The van der Waals surface area contributed by atoms with Crippen LogP contribution in [0.2, 0.25) is 0 Å². The van der Waals surface area contributed by atoms with Gasteiger partial charge in [0.05, 0.1) is 11.6 Å². The lowest BCUT2D eigenvalue weighted by Gasteiger charge is -2.15. The summed E-state index contributed by atoms with van der Waals surface area (Å²) < 4.78 is 5.64. The van der Waals surface area contributed by atoms with Crippen molar-refractivity contribution in [3.63, 3.8) is 0 Å². The minimum Gasteiger partial charge on any atom is -0.478 e. The van der Waals surface area contributed by atoms with Gasteiger partial charge >= 0.3 is 0 Å². The van der Waals surface area contributed by atoms with Gasteiger partial charge in [0, 0.05) is 19.7 Å². The topological polar surface area (TPSA) is 70.4 Å². The molecule has 0 aromatic heterocycles. The molecule has 2 rings (SSSR count). The molecule has 1 amide bonds. The maximum absolute atomic E-state index is 11.8. The van der Waals surface area contributed by atoms with Gasteiger partial charge in [-0.3, -0.25) is 9.59 Å². The van der Waals surface area contributed by atoms with Crippen LogP contribution >= 0.6 is 0 Å². The van der Waals surface area contributed by atoms with Crippen molar-refractivity contribution in [2.75, 3.05) is 14.1 Å². The molecule has 0 radical (unpaired) electrons. The third kappa shape index (κ3) is 3.95. The predicted molar refractivity (Wildman–Crippen MR) is 85.0 cm³/mol. The Balaban J connectivity index is 2.14. The Hall–Kier alpha value is -3.13. The van der Waals surface area contributed by atoms with Crippen molar-refractivity contribution >= 4 is 12.2 Å². The normalized spacial score (nSPS) is 11.2. The summed E-state index contributed by atoms with van der Waals surface area (Å²) in [6.07, 6.45) is -0.0709. The molecule has 0 bridgehead atoms. The van der Waals surface area contributed by atoms with E-state index in [-0.39, 0.29) is 5.91 Å². The van der Waals surface area contributed by atoms with Crippen molar-refractivity contribution < 1.29 is 14.3 Å². The number of aldehydes is 1. The Kier molecular flexibility index (Phi) is 5.11. The number of benzene rings is 2. The van der Waals surface area contributed by atoms with Gasteiger partial charge in [0.2, 0.25) is 0 Å². The summed E-state index contributed by atoms with van der Waals surface area (Å²) in [6.45, 7) is 0. The van der Waals surface area contributed by atoms with Gasteiger partial charge in [-0.1, -0.05) is 12.1 Å². The van der Waals surface area contributed by atoms with E-state index in [1.54, 1.807) is 62.6 Å². The fourth-order valence-corrected chi connectivity index (χ4v) is 2.00. The minimum atomic E-state index is -0.766. The molecule has 0 aliphatic carbocycles. The van der Waals surface area contributed by atoms with Crippen LogP contribution in [0.3, 0.4) is 0 Å². The third-order valence-corrected chi connectivity index (χ3v) is 3.26. The van der Waals surface area contributed by atoms with E-state index in [0.29, 0.717) is 28.7 Å². The van der Waals surface area contributed by atoms with Crippen LogP contribution in [-0.4, -0.2) is 31.2 Å². The van der Waals surface area contributed by atoms with Crippen molar-refractivity contribution in [2.45, 2.75) is 6.10 Å². The molecule has 0 heterocycles. The minimum absolute atomic E-state index is 0.101. The van der Waals surface area contributed by atoms with Crippen molar-refractivity contribution in [3.05, 3.63) is 65.2 Å². The molecule has 116 valence electrons. The average molecular weight is 308 g/mol. The van der Waals surface area contributed by atoms with Gasteiger partial charge in [-0.05, 0) is 42.0 Å². The van der Waals surface area contributed by atoms with Gasteiger partial charge in [0.15, 0.2) is 12.4 Å². The summed E-state index contributed by atoms with van der Waals surface area (Å²) in [5.41, 5.74) is 1.72. The lowest BCUT2D eigenvalue weighted by molar-refractivity contribution is -0.113. The van der Waals surface area contributed by atoms with Gasteiger partial charge in [-0.2, -0.15) is 5.26 Å². The first-order chi connectivity index (χ1) is 11.0. The molecule has 2 aromatic rings. The van der Waals surface area contributed by atoms with E-state index in [9.17, 15) is 9.59 Å². The number of hydrogen-bond acceptors (Lipinski definition) is 4. The van der Waals surface area contributed by atoms with E-state index >= 15 is 0 Å². The highest BCUT2D eigenvalue weighted by Gasteiger charge is 2.13. The van der Waals surface area contributed by atoms with Gasteiger partial charge in [0.1, 0.15) is 5.75 Å². The van der Waals surface area contributed by atoms with E-state index in [4.69, 9.17) is 10.00 Å². The molecule has 0 saturated heterocycles.